The molecule has 0 amide bonds. The highest BCUT2D eigenvalue weighted by Gasteiger charge is 2.15. The first-order valence-corrected chi connectivity index (χ1v) is 8.39. The van der Waals surface area contributed by atoms with Gasteiger partial charge in [0.25, 0.3) is 0 Å². The van der Waals surface area contributed by atoms with E-state index in [4.69, 9.17) is 5.73 Å². The molecule has 2 rings (SSSR count). The van der Waals surface area contributed by atoms with Crippen molar-refractivity contribution < 1.29 is 8.42 Å². The van der Waals surface area contributed by atoms with Gasteiger partial charge in [0, 0.05) is 19.8 Å². The number of nitrogens with one attached hydrogen (secondary N) is 1. The molecule has 114 valence electrons. The van der Waals surface area contributed by atoms with Crippen molar-refractivity contribution in [1.29, 1.82) is 0 Å². The molecule has 0 unspecified atom stereocenters. The van der Waals surface area contributed by atoms with Gasteiger partial charge >= 0.3 is 0 Å². The topological polar surface area (TPSA) is 90.0 Å². The maximum atomic E-state index is 12.2. The Morgan fingerprint density at radius 3 is 2.43 bits per heavy atom. The molecular formula is C14H20N4O2S. The van der Waals surface area contributed by atoms with Crippen LogP contribution in [0.4, 0.5) is 5.69 Å². The van der Waals surface area contributed by atoms with E-state index < -0.39 is 10.0 Å². The summed E-state index contributed by atoms with van der Waals surface area (Å²) in [6, 6.07) is 7.25. The van der Waals surface area contributed by atoms with Crippen LogP contribution in [-0.2, 0) is 35.8 Å². The summed E-state index contributed by atoms with van der Waals surface area (Å²) in [5.74, 6) is -0.0735. The monoisotopic (exact) mass is 308 g/mol. The number of benzene rings is 1. The van der Waals surface area contributed by atoms with Crippen LogP contribution in [-0.4, -0.2) is 18.2 Å². The van der Waals surface area contributed by atoms with E-state index in [1.54, 1.807) is 30.1 Å². The summed E-state index contributed by atoms with van der Waals surface area (Å²) in [5, 5.41) is 4.22. The molecule has 0 saturated heterocycles. The van der Waals surface area contributed by atoms with E-state index in [0.717, 1.165) is 16.8 Å². The van der Waals surface area contributed by atoms with Gasteiger partial charge in [0.1, 0.15) is 0 Å². The summed E-state index contributed by atoms with van der Waals surface area (Å²) in [6.45, 7) is 2.38. The van der Waals surface area contributed by atoms with Crippen LogP contribution in [0.1, 0.15) is 23.7 Å². The molecule has 6 nitrogen and oxygen atoms in total. The molecule has 0 aliphatic carbocycles. The SMILES string of the molecule is CCc1nn(C)cc1NS(=O)(=O)Cc1ccc(CN)cc1. The number of aryl methyl sites for hydroxylation is 2. The van der Waals surface area contributed by atoms with Gasteiger partial charge in [-0.25, -0.2) is 8.42 Å². The molecule has 0 atom stereocenters. The van der Waals surface area contributed by atoms with Gasteiger partial charge in [-0.05, 0) is 17.5 Å². The van der Waals surface area contributed by atoms with Gasteiger partial charge in [-0.2, -0.15) is 5.10 Å². The molecule has 0 aliphatic heterocycles. The Morgan fingerprint density at radius 1 is 1.24 bits per heavy atom. The molecule has 0 aliphatic rings. The first-order chi connectivity index (χ1) is 9.93. The number of aromatic nitrogens is 2. The van der Waals surface area contributed by atoms with Crippen LogP contribution >= 0.6 is 0 Å². The van der Waals surface area contributed by atoms with Gasteiger partial charge in [0.2, 0.25) is 10.0 Å². The molecule has 2 aromatic rings. The normalized spacial score (nSPS) is 11.6. The lowest BCUT2D eigenvalue weighted by Gasteiger charge is -2.08. The number of nitrogens with two attached hydrogens (primary N) is 1. The van der Waals surface area contributed by atoms with Crippen molar-refractivity contribution >= 4 is 15.7 Å². The summed E-state index contributed by atoms with van der Waals surface area (Å²) in [5.41, 5.74) is 8.50. The maximum Gasteiger partial charge on any atom is 0.237 e. The number of sulfonamides is 1. The van der Waals surface area contributed by atoms with Gasteiger partial charge in [-0.1, -0.05) is 31.2 Å². The summed E-state index contributed by atoms with van der Waals surface area (Å²) in [4.78, 5) is 0. The number of hydrogen-bond acceptors (Lipinski definition) is 4. The molecule has 0 spiro atoms. The third-order valence-electron chi connectivity index (χ3n) is 3.12. The lowest BCUT2D eigenvalue weighted by Crippen LogP contribution is -2.15. The van der Waals surface area contributed by atoms with Crippen molar-refractivity contribution in [3.05, 3.63) is 47.3 Å². The molecule has 0 radical (unpaired) electrons. The minimum absolute atomic E-state index is 0.0735. The highest BCUT2D eigenvalue weighted by Crippen LogP contribution is 2.17. The van der Waals surface area contributed by atoms with Gasteiger partial charge in [-0.15, -0.1) is 0 Å². The van der Waals surface area contributed by atoms with E-state index in [2.05, 4.69) is 9.82 Å². The van der Waals surface area contributed by atoms with Crippen LogP contribution in [0, 0.1) is 0 Å². The smallest absolute Gasteiger partial charge is 0.237 e. The fourth-order valence-corrected chi connectivity index (χ4v) is 3.28. The Kier molecular flexibility index (Phi) is 4.64. The highest BCUT2D eigenvalue weighted by atomic mass is 32.2. The molecule has 7 heteroatoms. The molecule has 3 N–H and O–H groups in total. The van der Waals surface area contributed by atoms with Crippen molar-refractivity contribution in [2.75, 3.05) is 4.72 Å². The number of rotatable bonds is 6. The summed E-state index contributed by atoms with van der Waals surface area (Å²) in [7, 11) is -1.69. The molecule has 1 heterocycles. The fourth-order valence-electron chi connectivity index (χ4n) is 2.08. The third-order valence-corrected chi connectivity index (χ3v) is 4.37. The van der Waals surface area contributed by atoms with Crippen molar-refractivity contribution in [3.8, 4) is 0 Å². The fraction of sp³-hybridized carbons (Fsp3) is 0.357. The molecule has 0 fully saturated rings. The second kappa shape index (κ2) is 6.28. The standard InChI is InChI=1S/C14H20N4O2S/c1-3-13-14(9-18(2)16-13)17-21(19,20)10-12-6-4-11(8-15)5-7-12/h4-7,9,17H,3,8,10,15H2,1-2H3. The average Bonchev–Trinajstić information content (AvgIpc) is 2.78. The van der Waals surface area contributed by atoms with E-state index in [0.29, 0.717) is 18.7 Å². The highest BCUT2D eigenvalue weighted by molar-refractivity contribution is 7.91. The van der Waals surface area contributed by atoms with E-state index in [9.17, 15) is 8.42 Å². The second-order valence-electron chi connectivity index (χ2n) is 4.90. The van der Waals surface area contributed by atoms with Crippen molar-refractivity contribution in [2.45, 2.75) is 25.6 Å². The van der Waals surface area contributed by atoms with Crippen molar-refractivity contribution in [3.63, 3.8) is 0 Å². The molecule has 0 saturated carbocycles. The summed E-state index contributed by atoms with van der Waals surface area (Å²) >= 11 is 0. The molecule has 21 heavy (non-hydrogen) atoms. The largest absolute Gasteiger partial charge is 0.326 e. The Labute approximate surface area is 125 Å². The van der Waals surface area contributed by atoms with E-state index in [1.165, 1.54) is 0 Å². The predicted molar refractivity (Wildman–Crippen MR) is 83.2 cm³/mol. The Hall–Kier alpha value is -1.86. The van der Waals surface area contributed by atoms with Gasteiger partial charge in [0.05, 0.1) is 17.1 Å². The van der Waals surface area contributed by atoms with E-state index in [-0.39, 0.29) is 5.75 Å². The summed E-state index contributed by atoms with van der Waals surface area (Å²) < 4.78 is 28.7. The van der Waals surface area contributed by atoms with Crippen LogP contribution in [0.15, 0.2) is 30.5 Å². The zero-order valence-corrected chi connectivity index (χ0v) is 13.0. The van der Waals surface area contributed by atoms with E-state index >= 15 is 0 Å². The predicted octanol–water partition coefficient (Wildman–Crippen LogP) is 1.38. The van der Waals surface area contributed by atoms with Crippen LogP contribution in [0.5, 0.6) is 0 Å². The summed E-state index contributed by atoms with van der Waals surface area (Å²) in [6.07, 6.45) is 2.35. The third kappa shape index (κ3) is 4.05. The number of hydrogen-bond donors (Lipinski definition) is 2. The van der Waals surface area contributed by atoms with Gasteiger partial charge < -0.3 is 5.73 Å². The Morgan fingerprint density at radius 2 is 1.86 bits per heavy atom. The number of nitrogens with zero attached hydrogens (tertiary/aromatic N) is 2. The Bertz CT molecular complexity index is 705. The quantitative estimate of drug-likeness (QED) is 0.843. The first kappa shape index (κ1) is 15.5. The minimum atomic E-state index is -3.46. The first-order valence-electron chi connectivity index (χ1n) is 6.74. The van der Waals surface area contributed by atoms with Crippen LogP contribution in [0.25, 0.3) is 0 Å². The lowest BCUT2D eigenvalue weighted by molar-refractivity contribution is 0.600. The van der Waals surface area contributed by atoms with Gasteiger partial charge in [0.15, 0.2) is 0 Å². The zero-order valence-electron chi connectivity index (χ0n) is 12.2. The molecule has 0 bridgehead atoms. The number of anilines is 1. The Balaban J connectivity index is 2.14. The van der Waals surface area contributed by atoms with Crippen LogP contribution < -0.4 is 10.5 Å². The zero-order chi connectivity index (χ0) is 15.5. The van der Waals surface area contributed by atoms with Gasteiger partial charge in [-0.3, -0.25) is 9.40 Å². The average molecular weight is 308 g/mol. The van der Waals surface area contributed by atoms with Crippen LogP contribution in [0.2, 0.25) is 0 Å². The molecule has 1 aromatic carbocycles. The van der Waals surface area contributed by atoms with E-state index in [1.807, 2.05) is 19.1 Å². The van der Waals surface area contributed by atoms with Crippen LogP contribution in [0.3, 0.4) is 0 Å². The maximum absolute atomic E-state index is 12.2. The van der Waals surface area contributed by atoms with Crippen molar-refractivity contribution in [2.24, 2.45) is 12.8 Å². The van der Waals surface area contributed by atoms with Crippen molar-refractivity contribution in [1.82, 2.24) is 9.78 Å². The molecular weight excluding hydrogens is 288 g/mol. The second-order valence-corrected chi connectivity index (χ2v) is 6.62. The lowest BCUT2D eigenvalue weighted by atomic mass is 10.1. The molecule has 1 aromatic heterocycles. The minimum Gasteiger partial charge on any atom is -0.326 e.